The van der Waals surface area contributed by atoms with Gasteiger partial charge in [0.25, 0.3) is 0 Å². The minimum absolute atomic E-state index is 0. The fraction of sp³-hybridized carbons (Fsp3) is 0.333. The van der Waals surface area contributed by atoms with Gasteiger partial charge < -0.3 is 34.1 Å². The van der Waals surface area contributed by atoms with Crippen LogP contribution in [0, 0.1) is 69.6 Å². The molecule has 10 radical (unpaired) electrons. The standard InChI is InChI=1S/C43H50N3O7.C5H5.Fe/c1-30(2)28-44-38-25-26-46(42(48)45-38)41-40(51-27-11-10-14-31-12-8-9-13-31)39(47)37(53-41)29-52-43(32-15-6-5-7-16-32,33-17-21-35(49-3)22-18-33)34-19-23-36(50-4)24-20-34;1-2-4-5-3-1;/h5-9,12-13,15-26,30,37,39-41,47H,10-11,14,27-29H2,1-4H3,(H,44,45,48);1-5H;/q;;+2/t37-,39-,40-,41-;;/m1../s1. The van der Waals surface area contributed by atoms with Crippen LogP contribution >= 0.6 is 0 Å². The predicted molar refractivity (Wildman–Crippen MR) is 226 cm³/mol. The predicted octanol–water partition coefficient (Wildman–Crippen LogP) is 7.58. The van der Waals surface area contributed by atoms with Gasteiger partial charge in [-0.15, -0.1) is 0 Å². The molecule has 0 spiro atoms. The molecule has 3 fully saturated rings. The first kappa shape index (κ1) is 46.4. The Morgan fingerprint density at radius 2 is 1.37 bits per heavy atom. The molecular formula is C48H55FeN3O7+2. The molecule has 7 rings (SSSR count). The molecule has 3 aromatic carbocycles. The van der Waals surface area contributed by atoms with E-state index in [4.69, 9.17) is 23.7 Å². The Kier molecular flexibility index (Phi) is 18.3. The number of aromatic nitrogens is 2. The summed E-state index contributed by atoms with van der Waals surface area (Å²) in [5, 5.41) is 15.1. The van der Waals surface area contributed by atoms with Crippen molar-refractivity contribution >= 4 is 5.82 Å². The van der Waals surface area contributed by atoms with Crippen molar-refractivity contribution in [1.82, 2.24) is 9.55 Å². The molecule has 2 aliphatic carbocycles. The van der Waals surface area contributed by atoms with Gasteiger partial charge in [-0.05, 0) is 129 Å². The second kappa shape index (κ2) is 23.3. The summed E-state index contributed by atoms with van der Waals surface area (Å²) in [6.45, 7) is 5.20. The van der Waals surface area contributed by atoms with E-state index in [0.717, 1.165) is 36.0 Å². The van der Waals surface area contributed by atoms with Crippen molar-refractivity contribution in [3.63, 3.8) is 0 Å². The number of aliphatic hydroxyl groups excluding tert-OH is 1. The number of anilines is 1. The Morgan fingerprint density at radius 3 is 1.92 bits per heavy atom. The zero-order valence-electron chi connectivity index (χ0n) is 34.1. The summed E-state index contributed by atoms with van der Waals surface area (Å²) in [4.78, 5) is 17.7. The summed E-state index contributed by atoms with van der Waals surface area (Å²) >= 11 is 0. The van der Waals surface area contributed by atoms with Crippen molar-refractivity contribution in [2.24, 2.45) is 5.92 Å². The van der Waals surface area contributed by atoms with Crippen LogP contribution in [-0.4, -0.2) is 66.9 Å². The normalized spacial score (nSPS) is 20.5. The fourth-order valence-corrected chi connectivity index (χ4v) is 7.11. The second-order valence-electron chi connectivity index (χ2n) is 14.7. The Hall–Kier alpha value is -3.70. The molecule has 0 amide bonds. The first-order chi connectivity index (χ1) is 28.3. The van der Waals surface area contributed by atoms with Gasteiger partial charge in [-0.1, -0.05) is 74.9 Å². The molecule has 0 bridgehead atoms. The first-order valence-corrected chi connectivity index (χ1v) is 20.0. The third-order valence-electron chi connectivity index (χ3n) is 10.2. The topological polar surface area (TPSA) is 113 Å². The third-order valence-corrected chi connectivity index (χ3v) is 10.2. The number of rotatable bonds is 18. The Morgan fingerprint density at radius 1 is 0.797 bits per heavy atom. The molecule has 2 saturated carbocycles. The Balaban J connectivity index is 0.00000102. The molecule has 2 heterocycles. The first-order valence-electron chi connectivity index (χ1n) is 20.0. The van der Waals surface area contributed by atoms with E-state index in [1.165, 1.54) is 10.5 Å². The maximum absolute atomic E-state index is 13.5. The molecule has 4 atom stereocenters. The Labute approximate surface area is 361 Å². The zero-order chi connectivity index (χ0) is 40.7. The Bertz CT molecular complexity index is 1790. The molecule has 3 aliphatic rings. The number of benzene rings is 3. The number of nitrogens with zero attached hydrogens (tertiary/aromatic N) is 2. The van der Waals surface area contributed by atoms with E-state index in [1.54, 1.807) is 26.5 Å². The van der Waals surface area contributed by atoms with Gasteiger partial charge in [0.05, 0.1) is 20.8 Å². The van der Waals surface area contributed by atoms with Crippen LogP contribution in [-0.2, 0) is 36.9 Å². The third kappa shape index (κ3) is 12.2. The molecule has 0 unspecified atom stereocenters. The summed E-state index contributed by atoms with van der Waals surface area (Å²) in [5.41, 5.74) is 0.946. The van der Waals surface area contributed by atoms with Crippen molar-refractivity contribution in [2.45, 2.75) is 63.3 Å². The SMILES string of the molecule is COc1ccc(C(OC[C@H]2O[C@@H](n3ccc(NCC(C)C)nc3=O)[C@H](OCCCC[C]3[CH][CH][CH][CH]3)[C@@H]2O)(c2ccccc2)c2ccc(OC)cc2)cc1.[CH]1[CH][CH][CH][CH]1.[Fe+2]. The van der Waals surface area contributed by atoms with Gasteiger partial charge in [0.15, 0.2) is 6.23 Å². The fourth-order valence-electron chi connectivity index (χ4n) is 7.11. The number of nitrogens with one attached hydrogen (secondary N) is 1. The summed E-state index contributed by atoms with van der Waals surface area (Å²) in [6.07, 6.45) is 18.9. The number of unbranched alkanes of at least 4 members (excludes halogenated alkanes) is 1. The number of aliphatic hydroxyl groups is 1. The molecule has 1 saturated heterocycles. The van der Waals surface area contributed by atoms with Crippen molar-refractivity contribution in [3.05, 3.63) is 182 Å². The van der Waals surface area contributed by atoms with E-state index >= 15 is 0 Å². The number of hydrogen-bond donors (Lipinski definition) is 2. The van der Waals surface area contributed by atoms with Gasteiger partial charge in [-0.2, -0.15) is 4.98 Å². The molecule has 2 N–H and O–H groups in total. The summed E-state index contributed by atoms with van der Waals surface area (Å²) in [5.74, 6) is 3.56. The average Bonchev–Trinajstić information content (AvgIpc) is 4.07. The summed E-state index contributed by atoms with van der Waals surface area (Å²) in [6, 6.07) is 27.2. The average molecular weight is 842 g/mol. The van der Waals surface area contributed by atoms with Crippen LogP contribution in [0.3, 0.4) is 0 Å². The van der Waals surface area contributed by atoms with Crippen LogP contribution in [0.1, 0.15) is 56.0 Å². The zero-order valence-corrected chi connectivity index (χ0v) is 35.2. The van der Waals surface area contributed by atoms with Crippen molar-refractivity contribution in [3.8, 4) is 11.5 Å². The van der Waals surface area contributed by atoms with Crippen LogP contribution in [0.4, 0.5) is 5.82 Å². The molecule has 11 heteroatoms. The molecule has 59 heavy (non-hydrogen) atoms. The van der Waals surface area contributed by atoms with Gasteiger partial charge in [0.2, 0.25) is 0 Å². The van der Waals surface area contributed by atoms with Crippen LogP contribution < -0.4 is 20.5 Å². The van der Waals surface area contributed by atoms with E-state index in [0.29, 0.717) is 36.4 Å². The van der Waals surface area contributed by atoms with Gasteiger partial charge in [0.1, 0.15) is 41.2 Å². The van der Waals surface area contributed by atoms with Gasteiger partial charge in [-0.3, -0.25) is 4.57 Å². The van der Waals surface area contributed by atoms with E-state index in [2.05, 4.69) is 37.0 Å². The molecule has 10 nitrogen and oxygen atoms in total. The van der Waals surface area contributed by atoms with E-state index in [1.807, 2.05) is 124 Å². The minimum Gasteiger partial charge on any atom is -0.497 e. The van der Waals surface area contributed by atoms with Crippen molar-refractivity contribution < 1.29 is 45.9 Å². The second-order valence-corrected chi connectivity index (χ2v) is 14.7. The van der Waals surface area contributed by atoms with Crippen LogP contribution in [0.5, 0.6) is 11.5 Å². The van der Waals surface area contributed by atoms with Crippen molar-refractivity contribution in [1.29, 1.82) is 0 Å². The maximum Gasteiger partial charge on any atom is 2.00 e. The smallest absolute Gasteiger partial charge is 0.497 e. The van der Waals surface area contributed by atoms with E-state index in [-0.39, 0.29) is 23.7 Å². The number of methoxy groups -OCH3 is 2. The molecule has 1 aliphatic heterocycles. The van der Waals surface area contributed by atoms with Gasteiger partial charge >= 0.3 is 22.8 Å². The summed E-state index contributed by atoms with van der Waals surface area (Å²) < 4.78 is 32.4. The van der Waals surface area contributed by atoms with E-state index < -0.39 is 35.8 Å². The van der Waals surface area contributed by atoms with Crippen molar-refractivity contribution in [2.75, 3.05) is 39.3 Å². The monoisotopic (exact) mass is 841 g/mol. The maximum atomic E-state index is 13.5. The van der Waals surface area contributed by atoms with Gasteiger partial charge in [-0.25, -0.2) is 4.79 Å². The summed E-state index contributed by atoms with van der Waals surface area (Å²) in [7, 11) is 3.26. The van der Waals surface area contributed by atoms with Crippen LogP contribution in [0.25, 0.3) is 0 Å². The molecule has 310 valence electrons. The quantitative estimate of drug-likeness (QED) is 0.0595. The van der Waals surface area contributed by atoms with Crippen LogP contribution in [0.2, 0.25) is 0 Å². The number of hydrogen-bond acceptors (Lipinski definition) is 9. The van der Waals surface area contributed by atoms with Crippen LogP contribution in [0.15, 0.2) is 95.9 Å². The molecular weight excluding hydrogens is 786 g/mol. The number of ether oxygens (including phenoxy) is 5. The molecule has 4 aromatic rings. The largest absolute Gasteiger partial charge is 2.00 e. The van der Waals surface area contributed by atoms with E-state index in [9.17, 15) is 9.90 Å². The minimum atomic E-state index is -1.12. The molecule has 1 aromatic heterocycles. The van der Waals surface area contributed by atoms with Gasteiger partial charge in [0, 0.05) is 19.3 Å².